The van der Waals surface area contributed by atoms with Crippen LogP contribution in [-0.2, 0) is 9.59 Å². The van der Waals surface area contributed by atoms with Crippen molar-refractivity contribution < 1.29 is 14.7 Å². The molecule has 1 unspecified atom stereocenters. The van der Waals surface area contributed by atoms with Crippen LogP contribution in [0.3, 0.4) is 0 Å². The Morgan fingerprint density at radius 3 is 2.76 bits per heavy atom. The number of amides is 1. The van der Waals surface area contributed by atoms with Gasteiger partial charge in [0.05, 0.1) is 6.04 Å². The Morgan fingerprint density at radius 2 is 2.12 bits per heavy atom. The molecule has 1 amide bonds. The van der Waals surface area contributed by atoms with Crippen molar-refractivity contribution in [3.63, 3.8) is 0 Å². The van der Waals surface area contributed by atoms with Crippen LogP contribution in [0.1, 0.15) is 30.9 Å². The van der Waals surface area contributed by atoms with E-state index in [0.717, 1.165) is 18.4 Å². The molecule has 0 radical (unpaired) electrons. The second kappa shape index (κ2) is 4.95. The lowest BCUT2D eigenvalue weighted by Gasteiger charge is -2.24. The van der Waals surface area contributed by atoms with Crippen LogP contribution < -0.4 is 0 Å². The van der Waals surface area contributed by atoms with Gasteiger partial charge in [0.2, 0.25) is 5.91 Å². The molecule has 1 saturated heterocycles. The molecule has 1 aliphatic heterocycles. The van der Waals surface area contributed by atoms with E-state index in [4.69, 9.17) is 5.11 Å². The monoisotopic (exact) mass is 234 g/mol. The zero-order valence-electron chi connectivity index (χ0n) is 9.37. The van der Waals surface area contributed by atoms with E-state index < -0.39 is 12.4 Å². The Hall–Kier alpha value is -1.91. The molecule has 1 fully saturated rings. The lowest BCUT2D eigenvalue weighted by atomic mass is 10.1. The molecule has 0 bridgehead atoms. The van der Waals surface area contributed by atoms with Crippen LogP contribution in [0, 0.1) is 0 Å². The number of rotatable bonds is 3. The number of carbonyl (C=O) groups is 2. The minimum atomic E-state index is -1.07. The number of carboxylic acids is 1. The molecule has 1 aliphatic rings. The van der Waals surface area contributed by atoms with Crippen LogP contribution >= 0.6 is 0 Å². The zero-order valence-corrected chi connectivity index (χ0v) is 9.37. The van der Waals surface area contributed by atoms with Gasteiger partial charge in [0.25, 0.3) is 0 Å². The molecule has 2 heterocycles. The van der Waals surface area contributed by atoms with Crippen LogP contribution in [0.25, 0.3) is 0 Å². The Bertz CT molecular complexity index is 419. The summed E-state index contributed by atoms with van der Waals surface area (Å²) in [6.07, 6.45) is 4.75. The van der Waals surface area contributed by atoms with Crippen molar-refractivity contribution in [2.75, 3.05) is 6.54 Å². The van der Waals surface area contributed by atoms with Gasteiger partial charge in [0, 0.05) is 18.9 Å². The van der Waals surface area contributed by atoms with Gasteiger partial charge in [-0.2, -0.15) is 0 Å². The highest BCUT2D eigenvalue weighted by molar-refractivity contribution is 5.93. The van der Waals surface area contributed by atoms with Gasteiger partial charge in [0.1, 0.15) is 6.42 Å². The number of hydrogen-bond acceptors (Lipinski definition) is 3. The summed E-state index contributed by atoms with van der Waals surface area (Å²) in [4.78, 5) is 27.9. The molecule has 1 aromatic rings. The summed E-state index contributed by atoms with van der Waals surface area (Å²) in [5.74, 6) is -1.38. The normalized spacial score (nSPS) is 19.3. The van der Waals surface area contributed by atoms with Crippen molar-refractivity contribution in [1.29, 1.82) is 0 Å². The van der Waals surface area contributed by atoms with Crippen molar-refractivity contribution in [3.8, 4) is 0 Å². The first-order chi connectivity index (χ1) is 8.18. The molecule has 5 nitrogen and oxygen atoms in total. The third-order valence-electron chi connectivity index (χ3n) is 2.97. The molecule has 1 aromatic heterocycles. The van der Waals surface area contributed by atoms with Crippen molar-refractivity contribution >= 4 is 11.9 Å². The maximum atomic E-state index is 11.8. The van der Waals surface area contributed by atoms with Crippen LogP contribution in [0.15, 0.2) is 24.5 Å². The second-order valence-corrected chi connectivity index (χ2v) is 4.10. The summed E-state index contributed by atoms with van der Waals surface area (Å²) in [6, 6.07) is 3.75. The Morgan fingerprint density at radius 1 is 1.41 bits per heavy atom. The van der Waals surface area contributed by atoms with Crippen LogP contribution in [0.4, 0.5) is 0 Å². The standard InChI is InChI=1S/C12H14N2O3/c15-11(8-12(16)17)14-7-1-2-10(14)9-3-5-13-6-4-9/h3-6,10H,1-2,7-8H2,(H,16,17). The van der Waals surface area contributed by atoms with Crippen LogP contribution in [0.5, 0.6) is 0 Å². The fraction of sp³-hybridized carbons (Fsp3) is 0.417. The Labute approximate surface area is 99.1 Å². The second-order valence-electron chi connectivity index (χ2n) is 4.10. The topological polar surface area (TPSA) is 70.5 Å². The Balaban J connectivity index is 2.13. The minimum absolute atomic E-state index is 0.00449. The SMILES string of the molecule is O=C(O)CC(=O)N1CCCC1c1ccncc1. The first-order valence-corrected chi connectivity index (χ1v) is 5.59. The average Bonchev–Trinajstić information content (AvgIpc) is 2.78. The average molecular weight is 234 g/mol. The smallest absolute Gasteiger partial charge is 0.312 e. The maximum Gasteiger partial charge on any atom is 0.312 e. The predicted molar refractivity (Wildman–Crippen MR) is 60.2 cm³/mol. The Kier molecular flexibility index (Phi) is 3.37. The van der Waals surface area contributed by atoms with Crippen molar-refractivity contribution in [1.82, 2.24) is 9.88 Å². The molecule has 0 aromatic carbocycles. The van der Waals surface area contributed by atoms with E-state index in [1.54, 1.807) is 17.3 Å². The first-order valence-electron chi connectivity index (χ1n) is 5.59. The molecule has 0 spiro atoms. The van der Waals surface area contributed by atoms with Gasteiger partial charge < -0.3 is 10.0 Å². The van der Waals surface area contributed by atoms with Crippen LogP contribution in [-0.4, -0.2) is 33.4 Å². The summed E-state index contributed by atoms with van der Waals surface area (Å²) in [7, 11) is 0. The molecule has 0 aliphatic carbocycles. The summed E-state index contributed by atoms with van der Waals surface area (Å²) in [5.41, 5.74) is 1.02. The zero-order chi connectivity index (χ0) is 12.3. The maximum absolute atomic E-state index is 11.8. The van der Waals surface area contributed by atoms with Gasteiger partial charge in [-0.05, 0) is 30.5 Å². The predicted octanol–water partition coefficient (Wildman–Crippen LogP) is 1.22. The van der Waals surface area contributed by atoms with Gasteiger partial charge in [-0.3, -0.25) is 14.6 Å². The lowest BCUT2D eigenvalue weighted by Crippen LogP contribution is -2.31. The molecule has 1 atom stereocenters. The third kappa shape index (κ3) is 2.61. The number of nitrogens with zero attached hydrogens (tertiary/aromatic N) is 2. The van der Waals surface area contributed by atoms with Gasteiger partial charge >= 0.3 is 5.97 Å². The third-order valence-corrected chi connectivity index (χ3v) is 2.97. The fourth-order valence-corrected chi connectivity index (χ4v) is 2.23. The van der Waals surface area contributed by atoms with Gasteiger partial charge in [-0.25, -0.2) is 0 Å². The fourth-order valence-electron chi connectivity index (χ4n) is 2.23. The number of aromatic nitrogens is 1. The minimum Gasteiger partial charge on any atom is -0.481 e. The van der Waals surface area contributed by atoms with E-state index in [1.165, 1.54) is 0 Å². The van der Waals surface area contributed by atoms with E-state index in [1.807, 2.05) is 12.1 Å². The number of aliphatic carboxylic acids is 1. The van der Waals surface area contributed by atoms with Crippen molar-refractivity contribution in [2.45, 2.75) is 25.3 Å². The van der Waals surface area contributed by atoms with E-state index in [-0.39, 0.29) is 11.9 Å². The lowest BCUT2D eigenvalue weighted by molar-refractivity contribution is -0.144. The van der Waals surface area contributed by atoms with Crippen molar-refractivity contribution in [2.24, 2.45) is 0 Å². The van der Waals surface area contributed by atoms with E-state index in [0.29, 0.717) is 6.54 Å². The summed E-state index contributed by atoms with van der Waals surface area (Å²) < 4.78 is 0. The number of hydrogen-bond donors (Lipinski definition) is 1. The van der Waals surface area contributed by atoms with E-state index in [9.17, 15) is 9.59 Å². The first kappa shape index (κ1) is 11.6. The molecule has 17 heavy (non-hydrogen) atoms. The number of likely N-dealkylation sites (tertiary alicyclic amines) is 1. The summed E-state index contributed by atoms with van der Waals surface area (Å²) in [6.45, 7) is 0.638. The van der Waals surface area contributed by atoms with Gasteiger partial charge in [0.15, 0.2) is 0 Å². The largest absolute Gasteiger partial charge is 0.481 e. The van der Waals surface area contributed by atoms with E-state index >= 15 is 0 Å². The number of carbonyl (C=O) groups excluding carboxylic acids is 1. The van der Waals surface area contributed by atoms with Crippen molar-refractivity contribution in [3.05, 3.63) is 30.1 Å². The molecular formula is C12H14N2O3. The number of pyridine rings is 1. The van der Waals surface area contributed by atoms with E-state index in [2.05, 4.69) is 4.98 Å². The number of carboxylic acid groups (broad SMARTS) is 1. The molecule has 1 N–H and O–H groups in total. The molecule has 90 valence electrons. The molecule has 0 saturated carbocycles. The highest BCUT2D eigenvalue weighted by Gasteiger charge is 2.30. The summed E-state index contributed by atoms with van der Waals surface area (Å²) >= 11 is 0. The molecule has 5 heteroatoms. The van der Waals surface area contributed by atoms with Gasteiger partial charge in [-0.15, -0.1) is 0 Å². The molecular weight excluding hydrogens is 220 g/mol. The summed E-state index contributed by atoms with van der Waals surface area (Å²) in [5, 5.41) is 8.64. The van der Waals surface area contributed by atoms with Crippen LogP contribution in [0.2, 0.25) is 0 Å². The molecule has 2 rings (SSSR count). The highest BCUT2D eigenvalue weighted by Crippen LogP contribution is 2.31. The van der Waals surface area contributed by atoms with Gasteiger partial charge in [-0.1, -0.05) is 0 Å². The highest BCUT2D eigenvalue weighted by atomic mass is 16.4. The quantitative estimate of drug-likeness (QED) is 0.798.